The monoisotopic (exact) mass is 591 g/mol. The van der Waals surface area contributed by atoms with Gasteiger partial charge < -0.3 is 5.32 Å². The van der Waals surface area contributed by atoms with E-state index in [2.05, 4.69) is 16.4 Å². The van der Waals surface area contributed by atoms with E-state index in [1.54, 1.807) is 41.3 Å². The minimum atomic E-state index is -0.543. The molecule has 7 nitrogen and oxygen atoms in total. The van der Waals surface area contributed by atoms with Crippen LogP contribution in [-0.4, -0.2) is 38.9 Å². The second kappa shape index (κ2) is 12.2. The van der Waals surface area contributed by atoms with Crippen molar-refractivity contribution in [2.24, 2.45) is 0 Å². The zero-order chi connectivity index (χ0) is 29.9. The first-order valence-electron chi connectivity index (χ1n) is 14.0. The molecule has 0 spiro atoms. The Morgan fingerprint density at radius 1 is 1.02 bits per heavy atom. The van der Waals surface area contributed by atoms with Crippen molar-refractivity contribution in [1.29, 1.82) is 0 Å². The number of nitrogens with one attached hydrogen (secondary N) is 1. The van der Waals surface area contributed by atoms with Crippen LogP contribution >= 0.6 is 11.8 Å². The highest BCUT2D eigenvalue weighted by Gasteiger charge is 2.38. The van der Waals surface area contributed by atoms with Gasteiger partial charge in [-0.2, -0.15) is 5.10 Å². The Morgan fingerprint density at radius 2 is 1.81 bits per heavy atom. The molecule has 1 unspecified atom stereocenters. The summed E-state index contributed by atoms with van der Waals surface area (Å²) in [5, 5.41) is 7.48. The van der Waals surface area contributed by atoms with Gasteiger partial charge in [-0.1, -0.05) is 72.3 Å². The smallest absolute Gasteiger partial charge is 0.240 e. The molecule has 0 bridgehead atoms. The molecule has 2 aromatic heterocycles. The molecule has 9 heteroatoms. The Labute approximate surface area is 253 Å². The number of rotatable bonds is 7. The molecular weight excluding hydrogens is 561 g/mol. The van der Waals surface area contributed by atoms with Crippen molar-refractivity contribution in [3.63, 3.8) is 0 Å². The van der Waals surface area contributed by atoms with Gasteiger partial charge in [0.15, 0.2) is 0 Å². The van der Waals surface area contributed by atoms with Crippen LogP contribution in [0.1, 0.15) is 33.1 Å². The molecular formula is C34H30FN5O2S. The van der Waals surface area contributed by atoms with E-state index in [0.29, 0.717) is 22.6 Å². The van der Waals surface area contributed by atoms with E-state index in [-0.39, 0.29) is 36.5 Å². The Kier molecular flexibility index (Phi) is 8.07. The lowest BCUT2D eigenvalue weighted by Gasteiger charge is -2.24. The minimum Gasteiger partial charge on any atom is -0.350 e. The minimum absolute atomic E-state index is 0.0602. The van der Waals surface area contributed by atoms with Crippen LogP contribution in [0.2, 0.25) is 0 Å². The zero-order valence-electron chi connectivity index (χ0n) is 23.8. The first-order chi connectivity index (χ1) is 20.9. The second-order valence-electron chi connectivity index (χ2n) is 10.5. The Morgan fingerprint density at radius 3 is 2.56 bits per heavy atom. The molecule has 43 heavy (non-hydrogen) atoms. The van der Waals surface area contributed by atoms with Gasteiger partial charge in [0.1, 0.15) is 18.2 Å². The molecule has 5 aromatic rings. The summed E-state index contributed by atoms with van der Waals surface area (Å²) in [4.78, 5) is 32.9. The number of pyridine rings is 1. The predicted molar refractivity (Wildman–Crippen MR) is 168 cm³/mol. The first-order valence-corrected chi connectivity index (χ1v) is 15.0. The summed E-state index contributed by atoms with van der Waals surface area (Å²) in [6.07, 6.45) is 3.36. The summed E-state index contributed by atoms with van der Waals surface area (Å²) in [5.74, 6) is -0.422. The van der Waals surface area contributed by atoms with E-state index >= 15 is 4.39 Å². The number of thioether (sulfide) groups is 1. The van der Waals surface area contributed by atoms with Gasteiger partial charge in [0, 0.05) is 35.6 Å². The second-order valence-corrected chi connectivity index (χ2v) is 11.6. The Balaban J connectivity index is 1.55. The van der Waals surface area contributed by atoms with Crippen molar-refractivity contribution in [3.05, 3.63) is 131 Å². The number of carbonyl (C=O) groups is 2. The van der Waals surface area contributed by atoms with Crippen LogP contribution in [0.4, 0.5) is 10.2 Å². The quantitative estimate of drug-likeness (QED) is 0.245. The van der Waals surface area contributed by atoms with Gasteiger partial charge in [-0.25, -0.2) is 9.07 Å². The van der Waals surface area contributed by atoms with E-state index in [0.717, 1.165) is 27.9 Å². The van der Waals surface area contributed by atoms with Crippen molar-refractivity contribution in [2.75, 3.05) is 17.2 Å². The van der Waals surface area contributed by atoms with Crippen molar-refractivity contribution >= 4 is 29.4 Å². The van der Waals surface area contributed by atoms with Crippen LogP contribution in [0.3, 0.4) is 0 Å². The largest absolute Gasteiger partial charge is 0.350 e. The summed E-state index contributed by atoms with van der Waals surface area (Å²) in [6.45, 7) is 4.06. The maximum absolute atomic E-state index is 15.4. The van der Waals surface area contributed by atoms with Gasteiger partial charge >= 0.3 is 0 Å². The summed E-state index contributed by atoms with van der Waals surface area (Å²) in [6, 6.07) is 26.0. The third-order valence-corrected chi connectivity index (χ3v) is 8.66. The van der Waals surface area contributed by atoms with E-state index in [1.807, 2.05) is 62.4 Å². The van der Waals surface area contributed by atoms with Gasteiger partial charge in [-0.3, -0.25) is 19.5 Å². The van der Waals surface area contributed by atoms with Gasteiger partial charge in [0.25, 0.3) is 0 Å². The van der Waals surface area contributed by atoms with Gasteiger partial charge in [0.2, 0.25) is 11.8 Å². The number of anilines is 1. The van der Waals surface area contributed by atoms with Gasteiger partial charge in [-0.15, -0.1) is 11.8 Å². The van der Waals surface area contributed by atoms with E-state index < -0.39 is 5.25 Å². The molecule has 0 fully saturated rings. The molecule has 2 amide bonds. The molecule has 3 aromatic carbocycles. The zero-order valence-corrected chi connectivity index (χ0v) is 24.6. The van der Waals surface area contributed by atoms with Crippen LogP contribution in [-0.2, 0) is 16.1 Å². The van der Waals surface area contributed by atoms with Crippen LogP contribution in [0.25, 0.3) is 16.9 Å². The van der Waals surface area contributed by atoms with Gasteiger partial charge in [0.05, 0.1) is 22.4 Å². The van der Waals surface area contributed by atoms with E-state index in [1.165, 1.54) is 22.7 Å². The number of aryl methyl sites for hydroxylation is 2. The van der Waals surface area contributed by atoms with E-state index in [4.69, 9.17) is 5.10 Å². The molecule has 1 N–H and O–H groups in total. The molecule has 216 valence electrons. The summed E-state index contributed by atoms with van der Waals surface area (Å²) < 4.78 is 17.2. The van der Waals surface area contributed by atoms with Crippen molar-refractivity contribution < 1.29 is 14.0 Å². The van der Waals surface area contributed by atoms with Crippen LogP contribution in [0.15, 0.2) is 97.3 Å². The maximum Gasteiger partial charge on any atom is 0.240 e. The fourth-order valence-electron chi connectivity index (χ4n) is 5.38. The predicted octanol–water partition coefficient (Wildman–Crippen LogP) is 6.18. The average molecular weight is 592 g/mol. The number of hydrogen-bond donors (Lipinski definition) is 1. The maximum atomic E-state index is 15.4. The Bertz CT molecular complexity index is 1790. The summed E-state index contributed by atoms with van der Waals surface area (Å²) in [7, 11) is 0. The fourth-order valence-corrected chi connectivity index (χ4v) is 6.60. The molecule has 1 aliphatic rings. The molecule has 0 saturated heterocycles. The lowest BCUT2D eigenvalue weighted by molar-refractivity contribution is -0.123. The number of fused-ring (bicyclic) bond motifs is 1. The van der Waals surface area contributed by atoms with Crippen LogP contribution in [0, 0.1) is 19.7 Å². The highest BCUT2D eigenvalue weighted by atomic mass is 32.2. The number of nitrogens with zero attached hydrogens (tertiary/aromatic N) is 4. The highest BCUT2D eigenvalue weighted by Crippen LogP contribution is 2.49. The Hall–Kier alpha value is -4.76. The average Bonchev–Trinajstić information content (AvgIpc) is 3.34. The molecule has 3 heterocycles. The van der Waals surface area contributed by atoms with Crippen molar-refractivity contribution in [3.8, 4) is 16.9 Å². The number of carbonyl (C=O) groups excluding carboxylic acids is 2. The normalized spacial score (nSPS) is 14.7. The van der Waals surface area contributed by atoms with Gasteiger partial charge in [-0.05, 0) is 43.2 Å². The lowest BCUT2D eigenvalue weighted by Crippen LogP contribution is -2.42. The van der Waals surface area contributed by atoms with Crippen LogP contribution < -0.4 is 10.2 Å². The summed E-state index contributed by atoms with van der Waals surface area (Å²) >= 11 is 1.34. The third kappa shape index (κ3) is 5.81. The fraction of sp³-hybridized carbons (Fsp3) is 0.176. The summed E-state index contributed by atoms with van der Waals surface area (Å²) in [5.41, 5.74) is 6.28. The SMILES string of the molecule is Cc1ccc(-n2nc(-c3ccccc3)c3c2N(CC(=O)NCc2cccnc2)C(=O)CSC3c2ccccc2F)c(C)c1. The standard InChI is InChI=1S/C34H30FN5O2S/c1-22-14-15-28(23(2)17-22)40-34-31(32(38-40)25-10-4-3-5-11-25)33(26-12-6-7-13-27(26)35)43-21-30(42)39(34)20-29(41)37-19-24-9-8-16-36-18-24/h3-18,33H,19-21H2,1-2H3,(H,37,41). The first kappa shape index (κ1) is 28.4. The van der Waals surface area contributed by atoms with E-state index in [9.17, 15) is 9.59 Å². The van der Waals surface area contributed by atoms with Crippen molar-refractivity contribution in [1.82, 2.24) is 20.1 Å². The number of aromatic nitrogens is 3. The number of halogens is 1. The van der Waals surface area contributed by atoms with Crippen LogP contribution in [0.5, 0.6) is 0 Å². The number of benzene rings is 3. The topological polar surface area (TPSA) is 80.1 Å². The molecule has 0 aliphatic carbocycles. The number of amides is 2. The number of hydrogen-bond acceptors (Lipinski definition) is 5. The lowest BCUT2D eigenvalue weighted by atomic mass is 9.99. The highest BCUT2D eigenvalue weighted by molar-refractivity contribution is 8.00. The molecule has 6 rings (SSSR count). The molecule has 0 saturated carbocycles. The molecule has 1 atom stereocenters. The molecule has 0 radical (unpaired) electrons. The van der Waals surface area contributed by atoms with Crippen molar-refractivity contribution in [2.45, 2.75) is 25.6 Å². The third-order valence-electron chi connectivity index (χ3n) is 7.42. The molecule has 1 aliphatic heterocycles.